The minimum absolute atomic E-state index is 0.121. The fourth-order valence-electron chi connectivity index (χ4n) is 1.76. The zero-order chi connectivity index (χ0) is 10.3. The van der Waals surface area contributed by atoms with Crippen LogP contribution < -0.4 is 4.74 Å². The van der Waals surface area contributed by atoms with Gasteiger partial charge in [0.2, 0.25) is 0 Å². The van der Waals surface area contributed by atoms with Gasteiger partial charge in [0.05, 0.1) is 17.7 Å². The number of ether oxygens (including phenoxy) is 1. The van der Waals surface area contributed by atoms with E-state index in [4.69, 9.17) is 14.4 Å². The van der Waals surface area contributed by atoms with E-state index in [1.54, 1.807) is 0 Å². The van der Waals surface area contributed by atoms with Crippen molar-refractivity contribution >= 4 is 0 Å². The van der Waals surface area contributed by atoms with Crippen molar-refractivity contribution in [3.63, 3.8) is 0 Å². The fourth-order valence-corrected chi connectivity index (χ4v) is 1.76. The topological polar surface area (TPSA) is 55.5 Å². The van der Waals surface area contributed by atoms with Gasteiger partial charge in [-0.15, -0.1) is 0 Å². The molecule has 0 aliphatic carbocycles. The number of aromatic nitrogens is 1. The van der Waals surface area contributed by atoms with E-state index in [2.05, 4.69) is 5.16 Å². The number of para-hydroxylation sites is 1. The lowest BCUT2D eigenvalue weighted by Crippen LogP contribution is -2.05. The first-order valence-electron chi connectivity index (χ1n) is 4.70. The highest BCUT2D eigenvalue weighted by atomic mass is 16.5. The summed E-state index contributed by atoms with van der Waals surface area (Å²) in [6.45, 7) is 0.288. The summed E-state index contributed by atoms with van der Waals surface area (Å²) in [6.07, 6.45) is 0. The molecule has 0 saturated heterocycles. The first-order chi connectivity index (χ1) is 7.40. The molecule has 2 aromatic rings. The molecule has 0 unspecified atom stereocenters. The molecule has 3 rings (SSSR count). The van der Waals surface area contributed by atoms with Crippen molar-refractivity contribution in [3.05, 3.63) is 35.5 Å². The Hall–Kier alpha value is -1.81. The van der Waals surface area contributed by atoms with E-state index in [1.165, 1.54) is 0 Å². The predicted octanol–water partition coefficient (Wildman–Crippen LogP) is 1.73. The van der Waals surface area contributed by atoms with Crippen LogP contribution >= 0.6 is 0 Å². The van der Waals surface area contributed by atoms with Gasteiger partial charge in [-0.25, -0.2) is 0 Å². The summed E-state index contributed by atoms with van der Waals surface area (Å²) in [5, 5.41) is 12.9. The van der Waals surface area contributed by atoms with Crippen LogP contribution in [-0.4, -0.2) is 10.3 Å². The smallest absolute Gasteiger partial charge is 0.177 e. The number of hydrogen-bond acceptors (Lipinski definition) is 4. The molecule has 0 atom stereocenters. The van der Waals surface area contributed by atoms with Gasteiger partial charge in [-0.05, 0) is 12.1 Å². The molecule has 76 valence electrons. The largest absolute Gasteiger partial charge is 0.488 e. The first-order valence-corrected chi connectivity index (χ1v) is 4.70. The number of aliphatic hydroxyl groups excluding tert-OH is 1. The third kappa shape index (κ3) is 1.15. The van der Waals surface area contributed by atoms with E-state index in [1.807, 2.05) is 24.3 Å². The number of rotatable bonds is 1. The Balaban J connectivity index is 2.22. The summed E-state index contributed by atoms with van der Waals surface area (Å²) >= 11 is 0. The van der Waals surface area contributed by atoms with E-state index in [0.717, 1.165) is 16.9 Å². The Bertz CT molecular complexity index is 504. The van der Waals surface area contributed by atoms with Crippen molar-refractivity contribution < 1.29 is 14.4 Å². The molecule has 0 fully saturated rings. The van der Waals surface area contributed by atoms with Gasteiger partial charge >= 0.3 is 0 Å². The summed E-state index contributed by atoms with van der Waals surface area (Å²) in [6, 6.07) is 7.63. The Morgan fingerprint density at radius 2 is 2.20 bits per heavy atom. The maximum Gasteiger partial charge on any atom is 0.177 e. The summed E-state index contributed by atoms with van der Waals surface area (Å²) in [7, 11) is 0. The van der Waals surface area contributed by atoms with Gasteiger partial charge in [0.15, 0.2) is 5.76 Å². The Morgan fingerprint density at radius 1 is 1.33 bits per heavy atom. The molecule has 4 nitrogen and oxygen atoms in total. The number of hydrogen-bond donors (Lipinski definition) is 1. The number of nitrogens with zero attached hydrogens (tertiary/aromatic N) is 1. The lowest BCUT2D eigenvalue weighted by molar-refractivity contribution is 0.261. The molecule has 0 saturated carbocycles. The van der Waals surface area contributed by atoms with Crippen LogP contribution in [0.5, 0.6) is 5.75 Å². The van der Waals surface area contributed by atoms with Crippen LogP contribution in [0.3, 0.4) is 0 Å². The quantitative estimate of drug-likeness (QED) is 0.766. The highest BCUT2D eigenvalue weighted by molar-refractivity contribution is 5.70. The van der Waals surface area contributed by atoms with Crippen LogP contribution in [0.25, 0.3) is 11.3 Å². The molecular weight excluding hydrogens is 194 g/mol. The van der Waals surface area contributed by atoms with E-state index in [-0.39, 0.29) is 6.61 Å². The van der Waals surface area contributed by atoms with Gasteiger partial charge in [-0.2, -0.15) is 0 Å². The average Bonchev–Trinajstić information content (AvgIpc) is 2.72. The standard InChI is InChI=1S/C11H9NO3/c13-5-9-8-6-14-10-4-2-1-3-7(10)11(8)15-12-9/h1-4,13H,5-6H2. The molecule has 2 heterocycles. The third-order valence-corrected chi connectivity index (χ3v) is 2.52. The van der Waals surface area contributed by atoms with Crippen molar-refractivity contribution in [2.24, 2.45) is 0 Å². The van der Waals surface area contributed by atoms with Crippen LogP contribution in [0.1, 0.15) is 11.3 Å². The van der Waals surface area contributed by atoms with Crippen molar-refractivity contribution in [1.82, 2.24) is 5.16 Å². The number of aliphatic hydroxyl groups is 1. The minimum atomic E-state index is -0.121. The zero-order valence-corrected chi connectivity index (χ0v) is 7.93. The van der Waals surface area contributed by atoms with Crippen LogP contribution in [0.2, 0.25) is 0 Å². The average molecular weight is 203 g/mol. The molecule has 0 spiro atoms. The van der Waals surface area contributed by atoms with Crippen molar-refractivity contribution in [3.8, 4) is 17.1 Å². The summed E-state index contributed by atoms with van der Waals surface area (Å²) < 4.78 is 10.8. The van der Waals surface area contributed by atoms with Gasteiger partial charge < -0.3 is 14.4 Å². The lowest BCUT2D eigenvalue weighted by atomic mass is 10.0. The van der Waals surface area contributed by atoms with Crippen LogP contribution in [0.15, 0.2) is 28.8 Å². The summed E-state index contributed by atoms with van der Waals surface area (Å²) in [5.41, 5.74) is 2.29. The monoisotopic (exact) mass is 203 g/mol. The number of fused-ring (bicyclic) bond motifs is 3. The van der Waals surface area contributed by atoms with E-state index < -0.39 is 0 Å². The molecule has 1 N–H and O–H groups in total. The maximum atomic E-state index is 9.05. The molecule has 4 heteroatoms. The fraction of sp³-hybridized carbons (Fsp3) is 0.182. The molecule has 1 aliphatic rings. The Kier molecular flexibility index (Phi) is 1.76. The van der Waals surface area contributed by atoms with Crippen LogP contribution in [0.4, 0.5) is 0 Å². The van der Waals surface area contributed by atoms with E-state index in [9.17, 15) is 0 Å². The molecule has 0 bridgehead atoms. The third-order valence-electron chi connectivity index (χ3n) is 2.52. The molecule has 1 aliphatic heterocycles. The van der Waals surface area contributed by atoms with E-state index in [0.29, 0.717) is 18.1 Å². The van der Waals surface area contributed by atoms with Gasteiger partial charge in [0.1, 0.15) is 18.1 Å². The molecule has 15 heavy (non-hydrogen) atoms. The SMILES string of the molecule is OCc1noc2c1COc1ccccc1-2. The van der Waals surface area contributed by atoms with Crippen molar-refractivity contribution in [2.75, 3.05) is 0 Å². The van der Waals surface area contributed by atoms with Gasteiger partial charge in [0.25, 0.3) is 0 Å². The maximum absolute atomic E-state index is 9.05. The summed E-state index contributed by atoms with van der Waals surface area (Å²) in [4.78, 5) is 0. The second-order valence-electron chi connectivity index (χ2n) is 3.38. The first kappa shape index (κ1) is 8.49. The Labute approximate surface area is 86.1 Å². The highest BCUT2D eigenvalue weighted by Gasteiger charge is 2.24. The lowest BCUT2D eigenvalue weighted by Gasteiger charge is -2.15. The zero-order valence-electron chi connectivity index (χ0n) is 7.93. The Morgan fingerprint density at radius 3 is 3.07 bits per heavy atom. The van der Waals surface area contributed by atoms with Crippen LogP contribution in [0, 0.1) is 0 Å². The van der Waals surface area contributed by atoms with Gasteiger partial charge in [-0.1, -0.05) is 17.3 Å². The number of benzene rings is 1. The van der Waals surface area contributed by atoms with Crippen molar-refractivity contribution in [1.29, 1.82) is 0 Å². The predicted molar refractivity (Wildman–Crippen MR) is 52.2 cm³/mol. The van der Waals surface area contributed by atoms with Gasteiger partial charge in [0, 0.05) is 0 Å². The minimum Gasteiger partial charge on any atom is -0.488 e. The molecule has 0 radical (unpaired) electrons. The molecule has 1 aromatic heterocycles. The molecule has 1 aromatic carbocycles. The second kappa shape index (κ2) is 3.10. The van der Waals surface area contributed by atoms with E-state index >= 15 is 0 Å². The molecular formula is C11H9NO3. The highest BCUT2D eigenvalue weighted by Crippen LogP contribution is 2.38. The van der Waals surface area contributed by atoms with Gasteiger partial charge in [-0.3, -0.25) is 0 Å². The van der Waals surface area contributed by atoms with Crippen LogP contribution in [-0.2, 0) is 13.2 Å². The normalized spacial score (nSPS) is 12.9. The summed E-state index contributed by atoms with van der Waals surface area (Å²) in [5.74, 6) is 1.51. The van der Waals surface area contributed by atoms with Crippen molar-refractivity contribution in [2.45, 2.75) is 13.2 Å². The molecule has 0 amide bonds. The second-order valence-corrected chi connectivity index (χ2v) is 3.38.